The Morgan fingerprint density at radius 2 is 1.58 bits per heavy atom. The molecule has 6 nitrogen and oxygen atoms in total. The molecule has 3 aromatic carbocycles. The lowest BCUT2D eigenvalue weighted by molar-refractivity contribution is 0.415. The van der Waals surface area contributed by atoms with Crippen LogP contribution in [0, 0.1) is 6.92 Å². The van der Waals surface area contributed by atoms with Gasteiger partial charge in [0.25, 0.3) is 0 Å². The SMILES string of the molecule is COc1ccc(N=c2scc(-c3ccc(S(=O)(=O)N4CCCC4)cc3)n2Cc2ccc(C)cc2)cc1. The molecule has 1 aromatic heterocycles. The Labute approximate surface area is 216 Å². The number of hydrogen-bond acceptors (Lipinski definition) is 5. The summed E-state index contributed by atoms with van der Waals surface area (Å²) in [7, 11) is -1.79. The number of ether oxygens (including phenoxy) is 1. The summed E-state index contributed by atoms with van der Waals surface area (Å²) in [6, 6.07) is 23.4. The van der Waals surface area contributed by atoms with Crippen LogP contribution in [0.2, 0.25) is 0 Å². The van der Waals surface area contributed by atoms with Crippen molar-refractivity contribution in [3.8, 4) is 17.0 Å². The number of nitrogens with zero attached hydrogens (tertiary/aromatic N) is 3. The zero-order valence-corrected chi connectivity index (χ0v) is 22.1. The van der Waals surface area contributed by atoms with E-state index in [-0.39, 0.29) is 0 Å². The first-order valence-electron chi connectivity index (χ1n) is 12.0. The maximum atomic E-state index is 13.0. The maximum Gasteiger partial charge on any atom is 0.243 e. The Morgan fingerprint density at radius 3 is 2.22 bits per heavy atom. The van der Waals surface area contributed by atoms with Crippen LogP contribution in [-0.2, 0) is 16.6 Å². The molecule has 0 spiro atoms. The fourth-order valence-corrected chi connectivity index (χ4v) is 6.77. The zero-order valence-electron chi connectivity index (χ0n) is 20.4. The van der Waals surface area contributed by atoms with Crippen molar-refractivity contribution in [2.45, 2.75) is 31.2 Å². The normalized spacial score (nSPS) is 14.9. The Bertz CT molecular complexity index is 1500. The number of sulfonamides is 1. The third-order valence-corrected chi connectivity index (χ3v) is 9.19. The van der Waals surface area contributed by atoms with Gasteiger partial charge in [-0.25, -0.2) is 13.4 Å². The summed E-state index contributed by atoms with van der Waals surface area (Å²) >= 11 is 1.57. The minimum absolute atomic E-state index is 0.344. The minimum atomic E-state index is -3.44. The van der Waals surface area contributed by atoms with Gasteiger partial charge >= 0.3 is 0 Å². The molecule has 2 heterocycles. The van der Waals surface area contributed by atoms with Gasteiger partial charge in [-0.2, -0.15) is 4.31 Å². The summed E-state index contributed by atoms with van der Waals surface area (Å²) in [6.07, 6.45) is 1.84. The molecule has 0 bridgehead atoms. The fourth-order valence-electron chi connectivity index (χ4n) is 4.32. The molecule has 0 unspecified atom stereocenters. The molecule has 186 valence electrons. The van der Waals surface area contributed by atoms with E-state index in [4.69, 9.17) is 9.73 Å². The molecule has 4 aromatic rings. The van der Waals surface area contributed by atoms with E-state index in [2.05, 4.69) is 41.1 Å². The third kappa shape index (κ3) is 5.16. The second-order valence-corrected chi connectivity index (χ2v) is 11.7. The number of benzene rings is 3. The highest BCUT2D eigenvalue weighted by Crippen LogP contribution is 2.26. The Kier molecular flexibility index (Phi) is 7.09. The van der Waals surface area contributed by atoms with Crippen molar-refractivity contribution in [3.63, 3.8) is 0 Å². The maximum absolute atomic E-state index is 13.0. The van der Waals surface area contributed by atoms with Gasteiger partial charge in [-0.3, -0.25) is 0 Å². The standard InChI is InChI=1S/C28H29N3O3S2/c1-21-5-7-22(8-6-21)19-31-27(20-35-28(31)29-24-11-13-25(34-2)14-12-24)23-9-15-26(16-10-23)36(32,33)30-17-3-4-18-30/h5-16,20H,3-4,17-19H2,1-2H3. The quantitative estimate of drug-likeness (QED) is 0.319. The second kappa shape index (κ2) is 10.4. The van der Waals surface area contributed by atoms with Crippen LogP contribution < -0.4 is 9.54 Å². The highest BCUT2D eigenvalue weighted by Gasteiger charge is 2.27. The molecular formula is C28H29N3O3S2. The van der Waals surface area contributed by atoms with E-state index in [1.807, 2.05) is 36.4 Å². The number of thiazole rings is 1. The predicted octanol–water partition coefficient (Wildman–Crippen LogP) is 5.60. The van der Waals surface area contributed by atoms with Crippen molar-refractivity contribution in [3.05, 3.63) is 94.1 Å². The summed E-state index contributed by atoms with van der Waals surface area (Å²) in [5.74, 6) is 0.789. The Hall–Kier alpha value is -3.20. The van der Waals surface area contributed by atoms with Crippen molar-refractivity contribution in [2.24, 2.45) is 4.99 Å². The van der Waals surface area contributed by atoms with E-state index in [1.54, 1.807) is 34.9 Å². The lowest BCUT2D eigenvalue weighted by atomic mass is 10.1. The largest absolute Gasteiger partial charge is 0.497 e. The van der Waals surface area contributed by atoms with E-state index in [0.29, 0.717) is 24.5 Å². The number of hydrogen-bond donors (Lipinski definition) is 0. The molecular weight excluding hydrogens is 490 g/mol. The molecule has 8 heteroatoms. The summed E-state index contributed by atoms with van der Waals surface area (Å²) in [4.78, 5) is 6.12. The molecule has 0 radical (unpaired) electrons. The van der Waals surface area contributed by atoms with E-state index in [1.165, 1.54) is 11.1 Å². The first-order chi connectivity index (χ1) is 17.4. The molecule has 1 saturated heterocycles. The molecule has 36 heavy (non-hydrogen) atoms. The van der Waals surface area contributed by atoms with Crippen molar-refractivity contribution in [1.82, 2.24) is 8.87 Å². The topological polar surface area (TPSA) is 63.9 Å². The molecule has 0 amide bonds. The van der Waals surface area contributed by atoms with Gasteiger partial charge in [0, 0.05) is 18.5 Å². The highest BCUT2D eigenvalue weighted by atomic mass is 32.2. The van der Waals surface area contributed by atoms with Crippen LogP contribution in [0.1, 0.15) is 24.0 Å². The van der Waals surface area contributed by atoms with Crippen LogP contribution in [-0.4, -0.2) is 37.5 Å². The molecule has 0 atom stereocenters. The minimum Gasteiger partial charge on any atom is -0.497 e. The molecule has 5 rings (SSSR count). The lowest BCUT2D eigenvalue weighted by Gasteiger charge is -2.16. The van der Waals surface area contributed by atoms with Crippen LogP contribution in [0.4, 0.5) is 5.69 Å². The number of aromatic nitrogens is 1. The van der Waals surface area contributed by atoms with Crippen molar-refractivity contribution >= 4 is 27.0 Å². The van der Waals surface area contributed by atoms with Gasteiger partial charge in [-0.05, 0) is 67.3 Å². The molecule has 1 aliphatic heterocycles. The van der Waals surface area contributed by atoms with Crippen LogP contribution >= 0.6 is 11.3 Å². The van der Waals surface area contributed by atoms with Crippen molar-refractivity contribution in [2.75, 3.05) is 20.2 Å². The second-order valence-electron chi connectivity index (χ2n) is 8.92. The Morgan fingerprint density at radius 1 is 0.917 bits per heavy atom. The predicted molar refractivity (Wildman–Crippen MR) is 144 cm³/mol. The molecule has 1 fully saturated rings. The highest BCUT2D eigenvalue weighted by molar-refractivity contribution is 7.89. The summed E-state index contributed by atoms with van der Waals surface area (Å²) in [6.45, 7) is 3.93. The fraction of sp³-hybridized carbons (Fsp3) is 0.250. The summed E-state index contributed by atoms with van der Waals surface area (Å²) < 4.78 is 35.0. The van der Waals surface area contributed by atoms with Gasteiger partial charge < -0.3 is 9.30 Å². The van der Waals surface area contributed by atoms with Crippen LogP contribution in [0.15, 0.2) is 88.1 Å². The zero-order chi connectivity index (χ0) is 25.1. The molecule has 1 aliphatic rings. The van der Waals surface area contributed by atoms with Gasteiger partial charge in [0.05, 0.1) is 29.9 Å². The Balaban J connectivity index is 1.54. The first-order valence-corrected chi connectivity index (χ1v) is 14.3. The van der Waals surface area contributed by atoms with Crippen LogP contribution in [0.5, 0.6) is 5.75 Å². The molecule has 0 aliphatic carbocycles. The number of aryl methyl sites for hydroxylation is 1. The molecule has 0 N–H and O–H groups in total. The van der Waals surface area contributed by atoms with E-state index >= 15 is 0 Å². The van der Waals surface area contributed by atoms with Gasteiger partial charge in [0.15, 0.2) is 4.80 Å². The van der Waals surface area contributed by atoms with Crippen LogP contribution in [0.25, 0.3) is 11.3 Å². The summed E-state index contributed by atoms with van der Waals surface area (Å²) in [5, 5.41) is 2.08. The average molecular weight is 520 g/mol. The van der Waals surface area contributed by atoms with Crippen molar-refractivity contribution < 1.29 is 13.2 Å². The number of methoxy groups -OCH3 is 1. The van der Waals surface area contributed by atoms with E-state index in [0.717, 1.165) is 40.3 Å². The van der Waals surface area contributed by atoms with E-state index in [9.17, 15) is 8.42 Å². The van der Waals surface area contributed by atoms with Crippen molar-refractivity contribution in [1.29, 1.82) is 0 Å². The molecule has 0 saturated carbocycles. The van der Waals surface area contributed by atoms with Gasteiger partial charge in [0.1, 0.15) is 5.75 Å². The average Bonchev–Trinajstić information content (AvgIpc) is 3.58. The monoisotopic (exact) mass is 519 g/mol. The van der Waals surface area contributed by atoms with Gasteiger partial charge in [-0.15, -0.1) is 11.3 Å². The van der Waals surface area contributed by atoms with E-state index < -0.39 is 10.0 Å². The lowest BCUT2D eigenvalue weighted by Crippen LogP contribution is -2.27. The first kappa shape index (κ1) is 24.5. The number of rotatable bonds is 7. The smallest absolute Gasteiger partial charge is 0.243 e. The van der Waals surface area contributed by atoms with Gasteiger partial charge in [0.2, 0.25) is 10.0 Å². The van der Waals surface area contributed by atoms with Gasteiger partial charge in [-0.1, -0.05) is 42.0 Å². The van der Waals surface area contributed by atoms with Crippen LogP contribution in [0.3, 0.4) is 0 Å². The summed E-state index contributed by atoms with van der Waals surface area (Å²) in [5.41, 5.74) is 5.18. The third-order valence-electron chi connectivity index (χ3n) is 6.41.